The molecule has 2 amide bonds. The lowest BCUT2D eigenvalue weighted by Crippen LogP contribution is -2.47. The largest absolute Gasteiger partial charge is 0.355 e. The minimum absolute atomic E-state index is 0.00988. The van der Waals surface area contributed by atoms with Crippen LogP contribution in [0.1, 0.15) is 43.0 Å². The van der Waals surface area contributed by atoms with Crippen molar-refractivity contribution < 1.29 is 18.0 Å². The van der Waals surface area contributed by atoms with Gasteiger partial charge in [0.1, 0.15) is 0 Å². The van der Waals surface area contributed by atoms with Crippen LogP contribution in [0, 0.1) is 0 Å². The summed E-state index contributed by atoms with van der Waals surface area (Å²) in [6, 6.07) is 4.81. The summed E-state index contributed by atoms with van der Waals surface area (Å²) >= 11 is 0. The molecule has 1 aromatic carbocycles. The molecule has 1 atom stereocenters. The molecule has 0 saturated heterocycles. The Morgan fingerprint density at radius 2 is 1.71 bits per heavy atom. The first-order valence-corrected chi connectivity index (χ1v) is 9.46. The monoisotopic (exact) mass is 353 g/mol. The predicted molar refractivity (Wildman–Crippen MR) is 90.0 cm³/mol. The molecule has 7 nitrogen and oxygen atoms in total. The van der Waals surface area contributed by atoms with Crippen molar-refractivity contribution in [3.05, 3.63) is 29.8 Å². The Morgan fingerprint density at radius 3 is 2.25 bits per heavy atom. The summed E-state index contributed by atoms with van der Waals surface area (Å²) in [6.45, 7) is 1.51. The van der Waals surface area contributed by atoms with Crippen LogP contribution in [-0.4, -0.2) is 39.4 Å². The minimum Gasteiger partial charge on any atom is -0.355 e. The van der Waals surface area contributed by atoms with Gasteiger partial charge >= 0.3 is 0 Å². The first-order chi connectivity index (χ1) is 11.3. The van der Waals surface area contributed by atoms with E-state index in [4.69, 9.17) is 0 Å². The average molecular weight is 353 g/mol. The molecule has 8 heteroatoms. The van der Waals surface area contributed by atoms with Crippen molar-refractivity contribution in [1.82, 2.24) is 15.4 Å². The molecule has 1 aromatic rings. The highest BCUT2D eigenvalue weighted by Crippen LogP contribution is 2.18. The number of rotatable bonds is 6. The lowest BCUT2D eigenvalue weighted by atomic mass is 10.2. The minimum atomic E-state index is -3.83. The second-order valence-electron chi connectivity index (χ2n) is 5.94. The Bertz CT molecular complexity index is 695. The fourth-order valence-corrected chi connectivity index (χ4v) is 3.88. The van der Waals surface area contributed by atoms with Crippen molar-refractivity contribution in [2.24, 2.45) is 0 Å². The number of amides is 2. The number of carbonyl (C=O) groups excluding carboxylic acids is 2. The van der Waals surface area contributed by atoms with Crippen LogP contribution >= 0.6 is 0 Å². The first-order valence-electron chi connectivity index (χ1n) is 7.98. The Morgan fingerprint density at radius 1 is 1.12 bits per heavy atom. The molecular weight excluding hydrogens is 330 g/mol. The van der Waals surface area contributed by atoms with Crippen molar-refractivity contribution in [3.8, 4) is 0 Å². The van der Waals surface area contributed by atoms with Gasteiger partial charge in [0, 0.05) is 18.7 Å². The molecule has 132 valence electrons. The Kier molecular flexibility index (Phi) is 5.95. The van der Waals surface area contributed by atoms with Gasteiger partial charge in [-0.25, -0.2) is 8.42 Å². The molecular formula is C16H23N3O4S. The molecule has 0 radical (unpaired) electrons. The van der Waals surface area contributed by atoms with Gasteiger partial charge in [0.25, 0.3) is 5.91 Å². The molecule has 3 N–H and O–H groups in total. The summed E-state index contributed by atoms with van der Waals surface area (Å²) in [5.41, 5.74) is 0.364. The Balaban J connectivity index is 2.01. The fraction of sp³-hybridized carbons (Fsp3) is 0.500. The maximum Gasteiger partial charge on any atom is 0.251 e. The zero-order valence-corrected chi connectivity index (χ0v) is 14.7. The van der Waals surface area contributed by atoms with Gasteiger partial charge in [-0.15, -0.1) is 0 Å². The number of sulfonamides is 1. The predicted octanol–water partition coefficient (Wildman–Crippen LogP) is 0.772. The molecule has 0 heterocycles. The number of benzene rings is 1. The standard InChI is InChI=1S/C16H23N3O4S/c1-11(15(20)18-13-5-3-4-6-13)19-24(22,23)14-9-7-12(8-10-14)16(21)17-2/h7-11,13,19H,3-6H2,1-2H3,(H,17,21)(H,18,20)/t11-/m1/s1. The lowest BCUT2D eigenvalue weighted by Gasteiger charge is -2.18. The zero-order chi connectivity index (χ0) is 17.7. The maximum absolute atomic E-state index is 12.3. The van der Waals surface area contributed by atoms with Crippen molar-refractivity contribution in [3.63, 3.8) is 0 Å². The van der Waals surface area contributed by atoms with E-state index >= 15 is 0 Å². The van der Waals surface area contributed by atoms with Gasteiger partial charge in [-0.05, 0) is 44.0 Å². The molecule has 1 fully saturated rings. The van der Waals surface area contributed by atoms with Gasteiger partial charge in [0.2, 0.25) is 15.9 Å². The van der Waals surface area contributed by atoms with E-state index < -0.39 is 16.1 Å². The van der Waals surface area contributed by atoms with E-state index in [2.05, 4.69) is 15.4 Å². The van der Waals surface area contributed by atoms with Crippen LogP contribution in [-0.2, 0) is 14.8 Å². The van der Waals surface area contributed by atoms with E-state index in [1.165, 1.54) is 38.2 Å². The van der Waals surface area contributed by atoms with Crippen molar-refractivity contribution in [1.29, 1.82) is 0 Å². The summed E-state index contributed by atoms with van der Waals surface area (Å²) < 4.78 is 27.1. The summed E-state index contributed by atoms with van der Waals surface area (Å²) in [6.07, 6.45) is 4.05. The number of nitrogens with one attached hydrogen (secondary N) is 3. The fourth-order valence-electron chi connectivity index (χ4n) is 2.68. The third-order valence-electron chi connectivity index (χ3n) is 4.08. The van der Waals surface area contributed by atoms with Crippen molar-refractivity contribution in [2.75, 3.05) is 7.05 Å². The highest BCUT2D eigenvalue weighted by molar-refractivity contribution is 7.89. The number of hydrogen-bond donors (Lipinski definition) is 3. The van der Waals surface area contributed by atoms with Crippen LogP contribution in [0.2, 0.25) is 0 Å². The van der Waals surface area contributed by atoms with Crippen molar-refractivity contribution >= 4 is 21.8 Å². The summed E-state index contributed by atoms with van der Waals surface area (Å²) in [5, 5.41) is 5.33. The number of carbonyl (C=O) groups is 2. The normalized spacial score (nSPS) is 16.6. The highest BCUT2D eigenvalue weighted by Gasteiger charge is 2.25. The van der Waals surface area contributed by atoms with Gasteiger partial charge in [-0.2, -0.15) is 4.72 Å². The van der Waals surface area contributed by atoms with Gasteiger partial charge in [-0.3, -0.25) is 9.59 Å². The molecule has 2 rings (SSSR count). The molecule has 0 unspecified atom stereocenters. The summed E-state index contributed by atoms with van der Waals surface area (Å²) in [7, 11) is -2.33. The molecule has 24 heavy (non-hydrogen) atoms. The highest BCUT2D eigenvalue weighted by atomic mass is 32.2. The van der Waals surface area contributed by atoms with E-state index in [1.54, 1.807) is 0 Å². The average Bonchev–Trinajstić information content (AvgIpc) is 3.06. The van der Waals surface area contributed by atoms with Crippen molar-refractivity contribution in [2.45, 2.75) is 49.6 Å². The number of hydrogen-bond acceptors (Lipinski definition) is 4. The van der Waals surface area contributed by atoms with Crippen LogP contribution in [0.3, 0.4) is 0 Å². The lowest BCUT2D eigenvalue weighted by molar-refractivity contribution is -0.123. The third kappa shape index (κ3) is 4.55. The van der Waals surface area contributed by atoms with E-state index in [9.17, 15) is 18.0 Å². The topological polar surface area (TPSA) is 104 Å². The van der Waals surface area contributed by atoms with Gasteiger partial charge in [0.15, 0.2) is 0 Å². The smallest absolute Gasteiger partial charge is 0.251 e. The van der Waals surface area contributed by atoms with E-state index in [0.717, 1.165) is 25.7 Å². The molecule has 1 saturated carbocycles. The second-order valence-corrected chi connectivity index (χ2v) is 7.65. The molecule has 0 aromatic heterocycles. The third-order valence-corrected chi connectivity index (χ3v) is 5.64. The van der Waals surface area contributed by atoms with Crippen LogP contribution in [0.25, 0.3) is 0 Å². The van der Waals surface area contributed by atoms with Crippen LogP contribution in [0.4, 0.5) is 0 Å². The van der Waals surface area contributed by atoms with E-state index in [-0.39, 0.29) is 22.8 Å². The SMILES string of the molecule is CNC(=O)c1ccc(S(=O)(=O)N[C@H](C)C(=O)NC2CCCC2)cc1. The Labute approximate surface area is 142 Å². The van der Waals surface area contributed by atoms with Crippen LogP contribution in [0.5, 0.6) is 0 Å². The molecule has 0 bridgehead atoms. The Hall–Kier alpha value is -1.93. The van der Waals surface area contributed by atoms with Gasteiger partial charge in [0.05, 0.1) is 10.9 Å². The summed E-state index contributed by atoms with van der Waals surface area (Å²) in [5.74, 6) is -0.622. The van der Waals surface area contributed by atoms with E-state index in [0.29, 0.717) is 5.56 Å². The quantitative estimate of drug-likeness (QED) is 0.703. The molecule has 1 aliphatic carbocycles. The molecule has 0 spiro atoms. The maximum atomic E-state index is 12.3. The van der Waals surface area contributed by atoms with Gasteiger partial charge < -0.3 is 10.6 Å². The molecule has 1 aliphatic rings. The summed E-state index contributed by atoms with van der Waals surface area (Å²) in [4.78, 5) is 23.6. The zero-order valence-electron chi connectivity index (χ0n) is 13.8. The van der Waals surface area contributed by atoms with Crippen LogP contribution < -0.4 is 15.4 Å². The van der Waals surface area contributed by atoms with Crippen LogP contribution in [0.15, 0.2) is 29.2 Å². The van der Waals surface area contributed by atoms with Gasteiger partial charge in [-0.1, -0.05) is 12.8 Å². The molecule has 0 aliphatic heterocycles. The first kappa shape index (κ1) is 18.4. The second kappa shape index (κ2) is 7.76. The van der Waals surface area contributed by atoms with E-state index in [1.807, 2.05) is 0 Å².